The SMILES string of the molecule is O[C@H](COc1ccc(Cl)cc1)CSc1nnc2sc3ccccc3n12. The van der Waals surface area contributed by atoms with E-state index in [0.717, 1.165) is 15.6 Å². The fourth-order valence-electron chi connectivity index (χ4n) is 2.39. The first-order valence-corrected chi connectivity index (χ1v) is 9.80. The fraction of sp³-hybridized carbons (Fsp3) is 0.176. The van der Waals surface area contributed by atoms with E-state index in [9.17, 15) is 5.11 Å². The van der Waals surface area contributed by atoms with Crippen LogP contribution in [0.4, 0.5) is 0 Å². The molecule has 0 aliphatic heterocycles. The molecule has 0 spiro atoms. The molecule has 0 fully saturated rings. The molecule has 25 heavy (non-hydrogen) atoms. The molecule has 0 amide bonds. The molecule has 0 unspecified atom stereocenters. The van der Waals surface area contributed by atoms with Crippen molar-refractivity contribution in [1.29, 1.82) is 0 Å². The van der Waals surface area contributed by atoms with Gasteiger partial charge in [0.25, 0.3) is 0 Å². The van der Waals surface area contributed by atoms with Crippen molar-refractivity contribution in [3.63, 3.8) is 0 Å². The Morgan fingerprint density at radius 3 is 2.80 bits per heavy atom. The van der Waals surface area contributed by atoms with Gasteiger partial charge in [-0.15, -0.1) is 10.2 Å². The molecule has 1 atom stereocenters. The summed E-state index contributed by atoms with van der Waals surface area (Å²) in [6.45, 7) is 0.209. The third kappa shape index (κ3) is 3.59. The van der Waals surface area contributed by atoms with Gasteiger partial charge in [-0.1, -0.05) is 46.8 Å². The average molecular weight is 392 g/mol. The van der Waals surface area contributed by atoms with Gasteiger partial charge in [-0.2, -0.15) is 0 Å². The zero-order valence-electron chi connectivity index (χ0n) is 13.0. The number of aliphatic hydroxyl groups excluding tert-OH is 1. The van der Waals surface area contributed by atoms with E-state index in [4.69, 9.17) is 16.3 Å². The van der Waals surface area contributed by atoms with Crippen LogP contribution < -0.4 is 4.74 Å². The van der Waals surface area contributed by atoms with Crippen LogP contribution in [0.1, 0.15) is 0 Å². The maximum absolute atomic E-state index is 10.2. The molecule has 0 saturated carbocycles. The van der Waals surface area contributed by atoms with Crippen LogP contribution in [0.2, 0.25) is 5.02 Å². The Morgan fingerprint density at radius 1 is 1.16 bits per heavy atom. The molecular weight excluding hydrogens is 378 g/mol. The average Bonchev–Trinajstić information content (AvgIpc) is 3.18. The van der Waals surface area contributed by atoms with E-state index in [-0.39, 0.29) is 6.61 Å². The number of ether oxygens (including phenoxy) is 1. The molecular formula is C17H14ClN3O2S2. The van der Waals surface area contributed by atoms with E-state index in [1.807, 2.05) is 22.6 Å². The van der Waals surface area contributed by atoms with Crippen molar-refractivity contribution < 1.29 is 9.84 Å². The zero-order valence-corrected chi connectivity index (χ0v) is 15.4. The lowest BCUT2D eigenvalue weighted by Gasteiger charge is -2.11. The van der Waals surface area contributed by atoms with Crippen LogP contribution >= 0.6 is 34.7 Å². The van der Waals surface area contributed by atoms with Gasteiger partial charge in [0.1, 0.15) is 12.4 Å². The maximum Gasteiger partial charge on any atom is 0.217 e. The van der Waals surface area contributed by atoms with Crippen molar-refractivity contribution in [3.05, 3.63) is 53.6 Å². The zero-order chi connectivity index (χ0) is 17.2. The van der Waals surface area contributed by atoms with Crippen LogP contribution in [-0.4, -0.2) is 38.2 Å². The normalized spacial score (nSPS) is 12.7. The van der Waals surface area contributed by atoms with Gasteiger partial charge in [0.05, 0.1) is 16.3 Å². The first-order chi connectivity index (χ1) is 12.2. The van der Waals surface area contributed by atoms with E-state index < -0.39 is 6.10 Å². The standard InChI is InChI=1S/C17H14ClN3O2S2/c18-11-5-7-13(8-6-11)23-9-12(22)10-24-16-19-20-17-21(16)14-3-1-2-4-15(14)25-17/h1-8,12,22H,9-10H2/t12-/m1/s1. The lowest BCUT2D eigenvalue weighted by molar-refractivity contribution is 0.126. The Hall–Kier alpha value is -1.80. The van der Waals surface area contributed by atoms with Gasteiger partial charge in [-0.05, 0) is 36.4 Å². The number of para-hydroxylation sites is 1. The second kappa shape index (κ2) is 7.21. The molecule has 2 heterocycles. The molecule has 0 saturated heterocycles. The molecule has 8 heteroatoms. The molecule has 128 valence electrons. The number of hydrogen-bond acceptors (Lipinski definition) is 6. The summed E-state index contributed by atoms with van der Waals surface area (Å²) >= 11 is 8.91. The highest BCUT2D eigenvalue weighted by molar-refractivity contribution is 7.99. The highest BCUT2D eigenvalue weighted by atomic mass is 35.5. The minimum Gasteiger partial charge on any atom is -0.491 e. The molecule has 0 aliphatic carbocycles. The first-order valence-electron chi connectivity index (χ1n) is 7.62. The second-order valence-corrected chi connectivity index (χ2v) is 7.83. The molecule has 0 radical (unpaired) electrons. The van der Waals surface area contributed by atoms with Crippen molar-refractivity contribution in [3.8, 4) is 5.75 Å². The number of thiazole rings is 1. The van der Waals surface area contributed by atoms with Crippen molar-refractivity contribution >= 4 is 49.9 Å². The van der Waals surface area contributed by atoms with Gasteiger partial charge in [0.15, 0.2) is 5.16 Å². The van der Waals surface area contributed by atoms with E-state index >= 15 is 0 Å². The summed E-state index contributed by atoms with van der Waals surface area (Å²) in [5.74, 6) is 1.15. The minimum atomic E-state index is -0.613. The summed E-state index contributed by atoms with van der Waals surface area (Å²) in [6, 6.07) is 15.2. The van der Waals surface area contributed by atoms with Gasteiger partial charge in [0.2, 0.25) is 4.96 Å². The van der Waals surface area contributed by atoms with E-state index in [1.54, 1.807) is 35.6 Å². The third-order valence-corrected chi connectivity index (χ3v) is 5.91. The topological polar surface area (TPSA) is 59.7 Å². The highest BCUT2D eigenvalue weighted by Crippen LogP contribution is 2.29. The van der Waals surface area contributed by atoms with E-state index in [1.165, 1.54) is 16.5 Å². The first kappa shape index (κ1) is 16.7. The molecule has 2 aromatic heterocycles. The van der Waals surface area contributed by atoms with Crippen LogP contribution in [0.25, 0.3) is 15.2 Å². The van der Waals surface area contributed by atoms with Crippen LogP contribution in [-0.2, 0) is 0 Å². The highest BCUT2D eigenvalue weighted by Gasteiger charge is 2.14. The third-order valence-electron chi connectivity index (χ3n) is 3.57. The van der Waals surface area contributed by atoms with Crippen LogP contribution in [0, 0.1) is 0 Å². The predicted molar refractivity (Wildman–Crippen MR) is 102 cm³/mol. The van der Waals surface area contributed by atoms with Gasteiger partial charge in [0, 0.05) is 10.8 Å². The molecule has 0 bridgehead atoms. The van der Waals surface area contributed by atoms with Crippen molar-refractivity contribution in [2.24, 2.45) is 0 Å². The molecule has 2 aromatic carbocycles. The Morgan fingerprint density at radius 2 is 1.96 bits per heavy atom. The summed E-state index contributed by atoms with van der Waals surface area (Å²) in [4.78, 5) is 0.857. The number of aromatic nitrogens is 3. The lowest BCUT2D eigenvalue weighted by Crippen LogP contribution is -2.20. The van der Waals surface area contributed by atoms with Crippen LogP contribution in [0.3, 0.4) is 0 Å². The number of nitrogens with zero attached hydrogens (tertiary/aromatic N) is 3. The number of rotatable bonds is 6. The predicted octanol–water partition coefficient (Wildman–Crippen LogP) is 4.13. The summed E-state index contributed by atoms with van der Waals surface area (Å²) < 4.78 is 8.77. The monoisotopic (exact) mass is 391 g/mol. The van der Waals surface area contributed by atoms with E-state index in [0.29, 0.717) is 16.5 Å². The number of halogens is 1. The Balaban J connectivity index is 1.40. The maximum atomic E-state index is 10.2. The number of aliphatic hydroxyl groups is 1. The van der Waals surface area contributed by atoms with Crippen molar-refractivity contribution in [1.82, 2.24) is 14.6 Å². The summed E-state index contributed by atoms with van der Waals surface area (Å²) in [6.07, 6.45) is -0.613. The number of thioether (sulfide) groups is 1. The largest absolute Gasteiger partial charge is 0.491 e. The molecule has 0 aliphatic rings. The number of fused-ring (bicyclic) bond motifs is 3. The van der Waals surface area contributed by atoms with Crippen molar-refractivity contribution in [2.45, 2.75) is 11.3 Å². The Bertz CT molecular complexity index is 1000. The summed E-state index contributed by atoms with van der Waals surface area (Å²) in [5.41, 5.74) is 1.09. The van der Waals surface area contributed by atoms with Gasteiger partial charge >= 0.3 is 0 Å². The van der Waals surface area contributed by atoms with Crippen LogP contribution in [0.15, 0.2) is 53.7 Å². The molecule has 5 nitrogen and oxygen atoms in total. The van der Waals surface area contributed by atoms with Crippen molar-refractivity contribution in [2.75, 3.05) is 12.4 Å². The molecule has 4 aromatic rings. The lowest BCUT2D eigenvalue weighted by atomic mass is 10.3. The van der Waals surface area contributed by atoms with Crippen LogP contribution in [0.5, 0.6) is 5.75 Å². The molecule has 4 rings (SSSR count). The molecule has 1 N–H and O–H groups in total. The summed E-state index contributed by atoms with van der Waals surface area (Å²) in [5, 5.41) is 20.0. The van der Waals surface area contributed by atoms with Gasteiger partial charge < -0.3 is 9.84 Å². The number of hydrogen-bond donors (Lipinski definition) is 1. The van der Waals surface area contributed by atoms with E-state index in [2.05, 4.69) is 16.3 Å². The minimum absolute atomic E-state index is 0.209. The number of benzene rings is 2. The Labute approximate surface area is 157 Å². The van der Waals surface area contributed by atoms with Gasteiger partial charge in [-0.25, -0.2) is 0 Å². The quantitative estimate of drug-likeness (QED) is 0.501. The Kier molecular flexibility index (Phi) is 4.80. The second-order valence-electron chi connectivity index (χ2n) is 5.40. The summed E-state index contributed by atoms with van der Waals surface area (Å²) in [7, 11) is 0. The fourth-order valence-corrected chi connectivity index (χ4v) is 4.39. The smallest absolute Gasteiger partial charge is 0.217 e. The van der Waals surface area contributed by atoms with Gasteiger partial charge in [-0.3, -0.25) is 4.40 Å².